The molecule has 0 unspecified atom stereocenters. The highest BCUT2D eigenvalue weighted by molar-refractivity contribution is 8.27. The Balaban J connectivity index is 1.53. The molecule has 0 bridgehead atoms. The van der Waals surface area contributed by atoms with Crippen LogP contribution in [0.25, 0.3) is 6.08 Å². The van der Waals surface area contributed by atoms with Gasteiger partial charge in [-0.3, -0.25) is 9.69 Å². The molecule has 2 fully saturated rings. The van der Waals surface area contributed by atoms with Gasteiger partial charge in [0.2, 0.25) is 0 Å². The molecular formula is C21H20N2O2S3. The summed E-state index contributed by atoms with van der Waals surface area (Å²) in [6, 6.07) is 16.2. The first kappa shape index (κ1) is 19.5. The summed E-state index contributed by atoms with van der Waals surface area (Å²) >= 11 is 8.48. The van der Waals surface area contributed by atoms with Crippen LogP contribution in [0.2, 0.25) is 0 Å². The Bertz CT molecular complexity index is 922. The maximum atomic E-state index is 13.0. The molecular weight excluding hydrogens is 408 g/mol. The first-order chi connectivity index (χ1) is 13.7. The lowest BCUT2D eigenvalue weighted by Gasteiger charge is -2.28. The number of rotatable bonds is 4. The van der Waals surface area contributed by atoms with E-state index in [1.54, 1.807) is 16.7 Å². The van der Waals surface area contributed by atoms with Gasteiger partial charge in [-0.05, 0) is 48.2 Å². The number of morpholine rings is 1. The molecule has 0 aliphatic carbocycles. The largest absolute Gasteiger partial charge is 0.378 e. The summed E-state index contributed by atoms with van der Waals surface area (Å²) in [5.41, 5.74) is 3.00. The number of ether oxygens (including phenoxy) is 1. The molecule has 28 heavy (non-hydrogen) atoms. The summed E-state index contributed by atoms with van der Waals surface area (Å²) in [6.07, 6.45) is 3.94. The minimum atomic E-state index is -0.0643. The van der Waals surface area contributed by atoms with E-state index in [-0.39, 0.29) is 5.91 Å². The van der Waals surface area contributed by atoms with Crippen molar-refractivity contribution in [3.8, 4) is 0 Å². The Hall–Kier alpha value is -1.80. The first-order valence-electron chi connectivity index (χ1n) is 9.00. The van der Waals surface area contributed by atoms with Crippen molar-refractivity contribution in [3.63, 3.8) is 0 Å². The molecule has 0 aromatic heterocycles. The molecule has 4 nitrogen and oxygen atoms in total. The van der Waals surface area contributed by atoms with Gasteiger partial charge in [-0.1, -0.05) is 42.2 Å². The number of carbonyl (C=O) groups excluding carboxylic acids is 1. The van der Waals surface area contributed by atoms with Crippen LogP contribution >= 0.6 is 35.7 Å². The quantitative estimate of drug-likeness (QED) is 0.400. The molecule has 0 spiro atoms. The van der Waals surface area contributed by atoms with E-state index in [0.29, 0.717) is 9.23 Å². The van der Waals surface area contributed by atoms with Crippen LogP contribution in [0.15, 0.2) is 58.3 Å². The molecule has 2 aliphatic heterocycles. The molecule has 0 radical (unpaired) electrons. The van der Waals surface area contributed by atoms with Crippen molar-refractivity contribution < 1.29 is 9.53 Å². The zero-order valence-corrected chi connectivity index (χ0v) is 17.9. The average molecular weight is 429 g/mol. The van der Waals surface area contributed by atoms with Gasteiger partial charge in [0.1, 0.15) is 0 Å². The van der Waals surface area contributed by atoms with Crippen molar-refractivity contribution in [2.24, 2.45) is 0 Å². The normalized spacial score (nSPS) is 19.0. The predicted octanol–water partition coefficient (Wildman–Crippen LogP) is 4.65. The Labute approximate surface area is 178 Å². The Morgan fingerprint density at radius 2 is 1.86 bits per heavy atom. The van der Waals surface area contributed by atoms with Crippen LogP contribution in [0, 0.1) is 0 Å². The lowest BCUT2D eigenvalue weighted by atomic mass is 10.1. The Morgan fingerprint density at radius 3 is 2.57 bits per heavy atom. The Morgan fingerprint density at radius 1 is 1.11 bits per heavy atom. The molecule has 2 aromatic carbocycles. The fourth-order valence-electron chi connectivity index (χ4n) is 3.19. The van der Waals surface area contributed by atoms with Gasteiger partial charge >= 0.3 is 0 Å². The summed E-state index contributed by atoms with van der Waals surface area (Å²) < 4.78 is 5.98. The monoisotopic (exact) mass is 428 g/mol. The third-order valence-electron chi connectivity index (χ3n) is 4.67. The van der Waals surface area contributed by atoms with Gasteiger partial charge in [0.25, 0.3) is 5.91 Å². The number of carbonyl (C=O) groups is 1. The number of amides is 1. The van der Waals surface area contributed by atoms with Gasteiger partial charge in [0.15, 0.2) is 4.32 Å². The second-order valence-electron chi connectivity index (χ2n) is 6.41. The predicted molar refractivity (Wildman–Crippen MR) is 123 cm³/mol. The molecule has 0 saturated carbocycles. The smallest absolute Gasteiger partial charge is 0.270 e. The van der Waals surface area contributed by atoms with Crippen molar-refractivity contribution in [1.82, 2.24) is 0 Å². The van der Waals surface area contributed by atoms with Crippen molar-refractivity contribution >= 4 is 63.4 Å². The number of thioether (sulfide) groups is 2. The maximum absolute atomic E-state index is 13.0. The number of thiocarbonyl (C=S) groups is 1. The summed E-state index contributed by atoms with van der Waals surface area (Å²) in [7, 11) is 0. The first-order valence-corrected chi connectivity index (χ1v) is 11.5. The fourth-order valence-corrected chi connectivity index (χ4v) is 4.95. The number of anilines is 2. The van der Waals surface area contributed by atoms with E-state index in [2.05, 4.69) is 17.0 Å². The summed E-state index contributed by atoms with van der Waals surface area (Å²) in [5.74, 6) is -0.0643. The minimum absolute atomic E-state index is 0.0643. The van der Waals surface area contributed by atoms with Gasteiger partial charge < -0.3 is 9.64 Å². The molecule has 0 atom stereocenters. The minimum Gasteiger partial charge on any atom is -0.378 e. The van der Waals surface area contributed by atoms with E-state index in [1.807, 2.05) is 48.7 Å². The summed E-state index contributed by atoms with van der Waals surface area (Å²) in [6.45, 7) is 3.35. The molecule has 4 rings (SSSR count). The highest BCUT2D eigenvalue weighted by Gasteiger charge is 2.33. The lowest BCUT2D eigenvalue weighted by Crippen LogP contribution is -2.36. The summed E-state index contributed by atoms with van der Waals surface area (Å²) in [4.78, 5) is 18.6. The third-order valence-corrected chi connectivity index (χ3v) is 6.70. The van der Waals surface area contributed by atoms with Crippen LogP contribution in [-0.2, 0) is 9.53 Å². The molecule has 2 saturated heterocycles. The van der Waals surface area contributed by atoms with Crippen LogP contribution in [0.5, 0.6) is 0 Å². The van der Waals surface area contributed by atoms with Gasteiger partial charge in [-0.15, -0.1) is 11.8 Å². The van der Waals surface area contributed by atoms with Crippen LogP contribution < -0.4 is 9.80 Å². The second-order valence-corrected chi connectivity index (χ2v) is 8.96. The number of hydrogen-bond donors (Lipinski definition) is 0. The van der Waals surface area contributed by atoms with Crippen molar-refractivity contribution in [2.75, 3.05) is 42.4 Å². The fraction of sp³-hybridized carbons (Fsp3) is 0.238. The van der Waals surface area contributed by atoms with Gasteiger partial charge in [0.05, 0.1) is 23.8 Å². The van der Waals surface area contributed by atoms with Crippen molar-refractivity contribution in [2.45, 2.75) is 4.90 Å². The van der Waals surface area contributed by atoms with E-state index in [4.69, 9.17) is 17.0 Å². The van der Waals surface area contributed by atoms with Gasteiger partial charge in [-0.2, -0.15) is 0 Å². The SMILES string of the molecule is CSc1cccc(N2C(=O)/C(=C\c3ccc(N4CCOCC4)cc3)SC2=S)c1. The zero-order chi connectivity index (χ0) is 19.5. The van der Waals surface area contributed by atoms with E-state index in [1.165, 1.54) is 17.4 Å². The lowest BCUT2D eigenvalue weighted by molar-refractivity contribution is -0.113. The van der Waals surface area contributed by atoms with Gasteiger partial charge in [0, 0.05) is 23.7 Å². The second kappa shape index (κ2) is 8.69. The third kappa shape index (κ3) is 4.12. The average Bonchev–Trinajstić information content (AvgIpc) is 3.02. The van der Waals surface area contributed by atoms with Crippen LogP contribution in [-0.4, -0.2) is 42.8 Å². The number of benzene rings is 2. The number of nitrogens with zero attached hydrogens (tertiary/aromatic N) is 2. The van der Waals surface area contributed by atoms with E-state index in [0.717, 1.165) is 42.4 Å². The zero-order valence-electron chi connectivity index (χ0n) is 15.5. The molecule has 144 valence electrons. The standard InChI is InChI=1S/C21H20N2O2S3/c1-27-18-4-2-3-17(14-18)23-20(24)19(28-21(23)26)13-15-5-7-16(8-6-15)22-9-11-25-12-10-22/h2-8,13-14H,9-12H2,1H3/b19-13+. The van der Waals surface area contributed by atoms with Crippen molar-refractivity contribution in [1.29, 1.82) is 0 Å². The molecule has 2 aromatic rings. The highest BCUT2D eigenvalue weighted by atomic mass is 32.2. The van der Waals surface area contributed by atoms with E-state index >= 15 is 0 Å². The van der Waals surface area contributed by atoms with Gasteiger partial charge in [-0.25, -0.2) is 0 Å². The van der Waals surface area contributed by atoms with Crippen LogP contribution in [0.1, 0.15) is 5.56 Å². The summed E-state index contributed by atoms with van der Waals surface area (Å²) in [5, 5.41) is 0. The van der Waals surface area contributed by atoms with Crippen LogP contribution in [0.3, 0.4) is 0 Å². The van der Waals surface area contributed by atoms with Crippen molar-refractivity contribution in [3.05, 3.63) is 59.0 Å². The Kier molecular flexibility index (Phi) is 6.06. The van der Waals surface area contributed by atoms with Crippen LogP contribution in [0.4, 0.5) is 11.4 Å². The van der Waals surface area contributed by atoms with E-state index in [9.17, 15) is 4.79 Å². The molecule has 2 heterocycles. The molecule has 0 N–H and O–H groups in total. The molecule has 2 aliphatic rings. The molecule has 7 heteroatoms. The topological polar surface area (TPSA) is 32.8 Å². The highest BCUT2D eigenvalue weighted by Crippen LogP contribution is 2.37. The van der Waals surface area contributed by atoms with E-state index < -0.39 is 0 Å². The molecule has 1 amide bonds. The number of hydrogen-bond acceptors (Lipinski definition) is 6. The maximum Gasteiger partial charge on any atom is 0.270 e.